The minimum atomic E-state index is -0.0990. The molecule has 110 valence electrons. The van der Waals surface area contributed by atoms with Gasteiger partial charge in [-0.05, 0) is 18.9 Å². The molecule has 2 heterocycles. The van der Waals surface area contributed by atoms with Crippen molar-refractivity contribution < 1.29 is 9.53 Å². The highest BCUT2D eigenvalue weighted by Crippen LogP contribution is 2.26. The van der Waals surface area contributed by atoms with Gasteiger partial charge in [0.1, 0.15) is 5.82 Å². The highest BCUT2D eigenvalue weighted by molar-refractivity contribution is 5.73. The lowest BCUT2D eigenvalue weighted by Gasteiger charge is -2.17. The van der Waals surface area contributed by atoms with Gasteiger partial charge >= 0.3 is 5.97 Å². The number of hydrogen-bond acceptors (Lipinski definition) is 5. The van der Waals surface area contributed by atoms with Crippen molar-refractivity contribution in [1.82, 2.24) is 9.88 Å². The van der Waals surface area contributed by atoms with Crippen molar-refractivity contribution >= 4 is 11.8 Å². The van der Waals surface area contributed by atoms with Crippen LogP contribution >= 0.6 is 0 Å². The molecule has 0 spiro atoms. The second-order valence-corrected chi connectivity index (χ2v) is 5.34. The van der Waals surface area contributed by atoms with E-state index < -0.39 is 0 Å². The standard InChI is InChI=1S/C15H23N3O2/c1-4-16-14-12(6-5-7-17-14)9-18-8-11(2)13(10-18)15(19)20-3/h5-7,11,13H,4,8-10H2,1-3H3,(H,16,17). The van der Waals surface area contributed by atoms with Gasteiger partial charge in [-0.3, -0.25) is 9.69 Å². The molecule has 1 aliphatic heterocycles. The van der Waals surface area contributed by atoms with Crippen molar-refractivity contribution in [3.63, 3.8) is 0 Å². The Labute approximate surface area is 120 Å². The summed E-state index contributed by atoms with van der Waals surface area (Å²) in [6.45, 7) is 7.51. The highest BCUT2D eigenvalue weighted by Gasteiger charge is 2.35. The Bertz CT molecular complexity index is 464. The molecular formula is C15H23N3O2. The fourth-order valence-electron chi connectivity index (χ4n) is 2.79. The van der Waals surface area contributed by atoms with Crippen LogP contribution in [0.5, 0.6) is 0 Å². The Morgan fingerprint density at radius 2 is 2.35 bits per heavy atom. The van der Waals surface area contributed by atoms with Gasteiger partial charge in [0.15, 0.2) is 0 Å². The maximum atomic E-state index is 11.7. The number of ether oxygens (including phenoxy) is 1. The SMILES string of the molecule is CCNc1ncccc1CN1CC(C)C(C(=O)OC)C1. The number of esters is 1. The Morgan fingerprint density at radius 1 is 1.55 bits per heavy atom. The molecule has 2 rings (SSSR count). The van der Waals surface area contributed by atoms with E-state index in [0.29, 0.717) is 5.92 Å². The molecule has 5 nitrogen and oxygen atoms in total. The summed E-state index contributed by atoms with van der Waals surface area (Å²) in [4.78, 5) is 18.4. The lowest BCUT2D eigenvalue weighted by Crippen LogP contribution is -2.24. The average molecular weight is 277 g/mol. The summed E-state index contributed by atoms with van der Waals surface area (Å²) < 4.78 is 4.88. The number of likely N-dealkylation sites (tertiary alicyclic amines) is 1. The molecule has 1 N–H and O–H groups in total. The molecule has 5 heteroatoms. The number of carbonyl (C=O) groups is 1. The summed E-state index contributed by atoms with van der Waals surface area (Å²) in [6, 6.07) is 4.04. The van der Waals surface area contributed by atoms with Gasteiger partial charge in [-0.1, -0.05) is 13.0 Å². The molecule has 2 atom stereocenters. The summed E-state index contributed by atoms with van der Waals surface area (Å²) in [5.74, 6) is 1.16. The Balaban J connectivity index is 2.03. The molecule has 0 aromatic carbocycles. The minimum absolute atomic E-state index is 0.0146. The molecule has 2 unspecified atom stereocenters. The van der Waals surface area contributed by atoms with Gasteiger partial charge in [-0.25, -0.2) is 4.98 Å². The number of aromatic nitrogens is 1. The minimum Gasteiger partial charge on any atom is -0.469 e. The quantitative estimate of drug-likeness (QED) is 0.831. The summed E-state index contributed by atoms with van der Waals surface area (Å²) >= 11 is 0. The van der Waals surface area contributed by atoms with Crippen LogP contribution in [0, 0.1) is 11.8 Å². The van der Waals surface area contributed by atoms with Crippen LogP contribution in [0.3, 0.4) is 0 Å². The van der Waals surface area contributed by atoms with Crippen molar-refractivity contribution in [3.8, 4) is 0 Å². The van der Waals surface area contributed by atoms with E-state index in [2.05, 4.69) is 35.1 Å². The van der Waals surface area contributed by atoms with Crippen molar-refractivity contribution in [2.75, 3.05) is 32.1 Å². The van der Waals surface area contributed by atoms with Gasteiger partial charge in [-0.15, -0.1) is 0 Å². The van der Waals surface area contributed by atoms with Crippen molar-refractivity contribution in [1.29, 1.82) is 0 Å². The second-order valence-electron chi connectivity index (χ2n) is 5.34. The third-order valence-corrected chi connectivity index (χ3v) is 3.82. The number of anilines is 1. The van der Waals surface area contributed by atoms with E-state index in [0.717, 1.165) is 32.0 Å². The lowest BCUT2D eigenvalue weighted by atomic mass is 9.99. The van der Waals surface area contributed by atoms with E-state index in [4.69, 9.17) is 4.74 Å². The van der Waals surface area contributed by atoms with Crippen LogP contribution in [-0.4, -0.2) is 42.6 Å². The topological polar surface area (TPSA) is 54.5 Å². The van der Waals surface area contributed by atoms with Crippen LogP contribution in [0.4, 0.5) is 5.82 Å². The smallest absolute Gasteiger partial charge is 0.310 e. The van der Waals surface area contributed by atoms with Gasteiger partial charge in [0.2, 0.25) is 0 Å². The van der Waals surface area contributed by atoms with Gasteiger partial charge < -0.3 is 10.1 Å². The Morgan fingerprint density at radius 3 is 3.05 bits per heavy atom. The molecule has 0 amide bonds. The molecule has 1 fully saturated rings. The second kappa shape index (κ2) is 6.70. The van der Waals surface area contributed by atoms with Crippen LogP contribution in [0.15, 0.2) is 18.3 Å². The normalized spacial score (nSPS) is 22.8. The molecule has 0 saturated carbocycles. The van der Waals surface area contributed by atoms with Crippen LogP contribution in [0.2, 0.25) is 0 Å². The average Bonchev–Trinajstić information content (AvgIpc) is 2.81. The molecular weight excluding hydrogens is 254 g/mol. The number of hydrogen-bond donors (Lipinski definition) is 1. The van der Waals surface area contributed by atoms with Crippen LogP contribution in [-0.2, 0) is 16.1 Å². The number of nitrogens with one attached hydrogen (secondary N) is 1. The molecule has 1 aromatic rings. The zero-order valence-corrected chi connectivity index (χ0v) is 12.4. The van der Waals surface area contributed by atoms with Gasteiger partial charge in [-0.2, -0.15) is 0 Å². The monoisotopic (exact) mass is 277 g/mol. The zero-order chi connectivity index (χ0) is 14.5. The first-order valence-electron chi connectivity index (χ1n) is 7.13. The zero-order valence-electron chi connectivity index (χ0n) is 12.4. The first kappa shape index (κ1) is 14.8. The molecule has 0 bridgehead atoms. The first-order chi connectivity index (χ1) is 9.65. The summed E-state index contributed by atoms with van der Waals surface area (Å²) in [5.41, 5.74) is 1.17. The number of nitrogens with zero attached hydrogens (tertiary/aromatic N) is 2. The van der Waals surface area contributed by atoms with Crippen molar-refractivity contribution in [2.24, 2.45) is 11.8 Å². The van der Waals surface area contributed by atoms with Gasteiger partial charge in [0.25, 0.3) is 0 Å². The summed E-state index contributed by atoms with van der Waals surface area (Å²) in [5, 5.41) is 3.28. The van der Waals surface area contributed by atoms with Gasteiger partial charge in [0.05, 0.1) is 13.0 Å². The van der Waals surface area contributed by atoms with E-state index >= 15 is 0 Å². The van der Waals surface area contributed by atoms with Crippen molar-refractivity contribution in [2.45, 2.75) is 20.4 Å². The third-order valence-electron chi connectivity index (χ3n) is 3.82. The van der Waals surface area contributed by atoms with E-state index in [1.807, 2.05) is 6.07 Å². The summed E-state index contributed by atoms with van der Waals surface area (Å²) in [6.07, 6.45) is 1.80. The van der Waals surface area contributed by atoms with E-state index in [1.54, 1.807) is 6.20 Å². The van der Waals surface area contributed by atoms with E-state index in [9.17, 15) is 4.79 Å². The predicted octanol–water partition coefficient (Wildman–Crippen LogP) is 1.75. The lowest BCUT2D eigenvalue weighted by molar-refractivity contribution is -0.146. The van der Waals surface area contributed by atoms with Crippen molar-refractivity contribution in [3.05, 3.63) is 23.9 Å². The maximum absolute atomic E-state index is 11.7. The molecule has 1 aromatic heterocycles. The molecule has 0 aliphatic carbocycles. The van der Waals surface area contributed by atoms with Crippen LogP contribution < -0.4 is 5.32 Å². The fourth-order valence-corrected chi connectivity index (χ4v) is 2.79. The van der Waals surface area contributed by atoms with E-state index in [-0.39, 0.29) is 11.9 Å². The number of pyridine rings is 1. The molecule has 1 saturated heterocycles. The molecule has 20 heavy (non-hydrogen) atoms. The van der Waals surface area contributed by atoms with Gasteiger partial charge in [0, 0.05) is 37.9 Å². The molecule has 1 aliphatic rings. The van der Waals surface area contributed by atoms with Crippen LogP contribution in [0.1, 0.15) is 19.4 Å². The van der Waals surface area contributed by atoms with E-state index in [1.165, 1.54) is 12.7 Å². The molecule has 0 radical (unpaired) electrons. The Kier molecular flexibility index (Phi) is 4.95. The maximum Gasteiger partial charge on any atom is 0.310 e. The number of rotatable bonds is 5. The fraction of sp³-hybridized carbons (Fsp3) is 0.600. The number of methoxy groups -OCH3 is 1. The predicted molar refractivity (Wildman–Crippen MR) is 78.3 cm³/mol. The Hall–Kier alpha value is -1.62. The largest absolute Gasteiger partial charge is 0.469 e. The number of carbonyl (C=O) groups excluding carboxylic acids is 1. The van der Waals surface area contributed by atoms with Crippen LogP contribution in [0.25, 0.3) is 0 Å². The third kappa shape index (κ3) is 3.28. The highest BCUT2D eigenvalue weighted by atomic mass is 16.5. The first-order valence-corrected chi connectivity index (χ1v) is 7.13. The summed E-state index contributed by atoms with van der Waals surface area (Å²) in [7, 11) is 1.46.